The lowest BCUT2D eigenvalue weighted by atomic mass is 10.2. The summed E-state index contributed by atoms with van der Waals surface area (Å²) in [6.07, 6.45) is 0. The van der Waals surface area contributed by atoms with Crippen LogP contribution in [-0.4, -0.2) is 0 Å². The molecule has 0 heterocycles. The molecule has 0 aliphatic rings. The summed E-state index contributed by atoms with van der Waals surface area (Å²) in [6.45, 7) is 9.41. The van der Waals surface area contributed by atoms with Crippen molar-refractivity contribution < 1.29 is 52.7 Å². The molecule has 0 radical (unpaired) electrons. The molecule has 54 heavy (non-hydrogen) atoms. The number of halogens is 12. The zero-order chi connectivity index (χ0) is 41.1. The molecule has 0 saturated heterocycles. The predicted molar refractivity (Wildman–Crippen MR) is 187 cm³/mol. The molecule has 0 bridgehead atoms. The van der Waals surface area contributed by atoms with E-state index in [1.807, 2.05) is 0 Å². The molecule has 0 aliphatic carbocycles. The molecule has 0 fully saturated rings. The van der Waals surface area contributed by atoms with Crippen LogP contribution >= 0.6 is 0 Å². The fourth-order valence-corrected chi connectivity index (χ4v) is 3.66. The Balaban J connectivity index is 0.000000324. The van der Waals surface area contributed by atoms with Crippen LogP contribution in [0.1, 0.15) is 33.4 Å². The Morgan fingerprint density at radius 3 is 1.19 bits per heavy atom. The quantitative estimate of drug-likeness (QED) is 0.135. The Kier molecular flexibility index (Phi) is 20.0. The average Bonchev–Trinajstić information content (AvgIpc) is 3.09. The minimum Gasteiger partial charge on any atom is -0.207 e. The highest BCUT2D eigenvalue weighted by Gasteiger charge is 2.02. The van der Waals surface area contributed by atoms with E-state index >= 15 is 0 Å². The lowest BCUT2D eigenvalue weighted by Crippen LogP contribution is -1.85. The van der Waals surface area contributed by atoms with Gasteiger partial charge in [0.1, 0.15) is 46.5 Å². The van der Waals surface area contributed by atoms with Crippen molar-refractivity contribution in [3.05, 3.63) is 212 Å². The van der Waals surface area contributed by atoms with Crippen LogP contribution in [0.15, 0.2) is 109 Å². The molecule has 0 aliphatic heterocycles. The summed E-state index contributed by atoms with van der Waals surface area (Å²) in [4.78, 5) is 0. The van der Waals surface area contributed by atoms with Crippen LogP contribution < -0.4 is 0 Å². The van der Waals surface area contributed by atoms with Crippen molar-refractivity contribution in [1.82, 2.24) is 0 Å². The summed E-state index contributed by atoms with van der Waals surface area (Å²) < 4.78 is 147. The van der Waals surface area contributed by atoms with Gasteiger partial charge in [0, 0.05) is 17.7 Å². The number of hydrogen-bond acceptors (Lipinski definition) is 0. The van der Waals surface area contributed by atoms with Crippen molar-refractivity contribution in [2.75, 3.05) is 0 Å². The van der Waals surface area contributed by atoms with Crippen molar-refractivity contribution in [2.24, 2.45) is 0 Å². The van der Waals surface area contributed by atoms with Crippen LogP contribution in [-0.2, 0) is 0 Å². The van der Waals surface area contributed by atoms with Crippen LogP contribution in [0.2, 0.25) is 0 Å². The highest BCUT2D eigenvalue weighted by atomic mass is 19.2. The van der Waals surface area contributed by atoms with Crippen LogP contribution in [0, 0.1) is 111 Å². The first kappa shape index (κ1) is 46.5. The maximum atomic E-state index is 12.4. The third-order valence-corrected chi connectivity index (χ3v) is 6.68. The summed E-state index contributed by atoms with van der Waals surface area (Å²) >= 11 is 0. The monoisotopic (exact) mass is 768 g/mol. The molecule has 0 saturated carbocycles. The zero-order valence-corrected chi connectivity index (χ0v) is 29.9. The van der Waals surface area contributed by atoms with Gasteiger partial charge in [-0.25, -0.2) is 52.7 Å². The van der Waals surface area contributed by atoms with Gasteiger partial charge in [0.2, 0.25) is 0 Å². The van der Waals surface area contributed by atoms with Crippen LogP contribution in [0.4, 0.5) is 52.7 Å². The molecule has 0 N–H and O–H groups in total. The highest BCUT2D eigenvalue weighted by Crippen LogP contribution is 2.11. The van der Waals surface area contributed by atoms with Gasteiger partial charge >= 0.3 is 0 Å². The molecule has 0 aromatic heterocycles. The second-order valence-electron chi connectivity index (χ2n) is 11.4. The van der Waals surface area contributed by atoms with Crippen molar-refractivity contribution >= 4 is 0 Å². The van der Waals surface area contributed by atoms with E-state index in [1.54, 1.807) is 20.8 Å². The topological polar surface area (TPSA) is 0 Å². The van der Waals surface area contributed by atoms with E-state index in [4.69, 9.17) is 0 Å². The second-order valence-corrected chi connectivity index (χ2v) is 11.4. The molecule has 12 heteroatoms. The molecular weight excluding hydrogens is 732 g/mol. The third kappa shape index (κ3) is 17.8. The average molecular weight is 769 g/mol. The molecular formula is C42H36F12. The molecule has 0 nitrogen and oxygen atoms in total. The first-order valence-electron chi connectivity index (χ1n) is 15.7. The molecule has 0 unspecified atom stereocenters. The Morgan fingerprint density at radius 1 is 0.278 bits per heavy atom. The van der Waals surface area contributed by atoms with Crippen molar-refractivity contribution in [3.8, 4) is 0 Å². The number of aryl methyl sites for hydroxylation is 5. The van der Waals surface area contributed by atoms with E-state index in [-0.39, 0.29) is 11.4 Å². The molecule has 0 atom stereocenters. The molecule has 6 aromatic rings. The van der Waals surface area contributed by atoms with E-state index in [0.717, 1.165) is 54.1 Å². The van der Waals surface area contributed by atoms with Gasteiger partial charge in [-0.05, 0) is 136 Å². The SMILES string of the molecule is Cc1c(F)cccc1F.Cc1cc(F)cc(F)c1.Cc1cc(F)ccc1F.Cc1ccc(F)c(F)c1.Cc1ccc(F)cc1F.Cc1cccc(F)c1F. The zero-order valence-electron chi connectivity index (χ0n) is 29.9. The first-order valence-corrected chi connectivity index (χ1v) is 15.7. The van der Waals surface area contributed by atoms with Gasteiger partial charge in [-0.1, -0.05) is 30.3 Å². The van der Waals surface area contributed by atoms with Gasteiger partial charge in [-0.2, -0.15) is 0 Å². The smallest absolute Gasteiger partial charge is 0.161 e. The Bertz CT molecular complexity index is 1820. The Labute approximate surface area is 306 Å². The second kappa shape index (κ2) is 23.2. The van der Waals surface area contributed by atoms with E-state index in [0.29, 0.717) is 22.3 Å². The summed E-state index contributed by atoms with van der Waals surface area (Å²) in [7, 11) is 0. The summed E-state index contributed by atoms with van der Waals surface area (Å²) in [6, 6.07) is 22.0. The van der Waals surface area contributed by atoms with Gasteiger partial charge in [-0.3, -0.25) is 0 Å². The normalized spacial score (nSPS) is 9.67. The number of benzene rings is 6. The van der Waals surface area contributed by atoms with Gasteiger partial charge in [0.05, 0.1) is 0 Å². The fraction of sp³-hybridized carbons (Fsp3) is 0.143. The van der Waals surface area contributed by atoms with Gasteiger partial charge in [0.25, 0.3) is 0 Å². The van der Waals surface area contributed by atoms with Crippen LogP contribution in [0.5, 0.6) is 0 Å². The lowest BCUT2D eigenvalue weighted by molar-refractivity contribution is 0.503. The third-order valence-electron chi connectivity index (χ3n) is 6.68. The van der Waals surface area contributed by atoms with Crippen molar-refractivity contribution in [3.63, 3.8) is 0 Å². The summed E-state index contributed by atoms with van der Waals surface area (Å²) in [5.41, 5.74) is 2.57. The van der Waals surface area contributed by atoms with E-state index in [2.05, 4.69) is 0 Å². The summed E-state index contributed by atoms with van der Waals surface area (Å²) in [5, 5.41) is 0. The van der Waals surface area contributed by atoms with Gasteiger partial charge in [0.15, 0.2) is 23.3 Å². The van der Waals surface area contributed by atoms with Crippen molar-refractivity contribution in [1.29, 1.82) is 0 Å². The van der Waals surface area contributed by atoms with Crippen molar-refractivity contribution in [2.45, 2.75) is 41.5 Å². The molecule has 0 amide bonds. The maximum Gasteiger partial charge on any atom is 0.161 e. The molecule has 6 aromatic carbocycles. The number of rotatable bonds is 0. The number of hydrogen-bond donors (Lipinski definition) is 0. The van der Waals surface area contributed by atoms with Crippen LogP contribution in [0.25, 0.3) is 0 Å². The fourth-order valence-electron chi connectivity index (χ4n) is 3.66. The maximum absolute atomic E-state index is 12.4. The van der Waals surface area contributed by atoms with Gasteiger partial charge < -0.3 is 0 Å². The van der Waals surface area contributed by atoms with E-state index in [9.17, 15) is 52.7 Å². The Morgan fingerprint density at radius 2 is 0.778 bits per heavy atom. The van der Waals surface area contributed by atoms with Crippen LogP contribution in [0.3, 0.4) is 0 Å². The highest BCUT2D eigenvalue weighted by molar-refractivity contribution is 5.19. The minimum atomic E-state index is -0.791. The van der Waals surface area contributed by atoms with Gasteiger partial charge in [-0.15, -0.1) is 0 Å². The lowest BCUT2D eigenvalue weighted by Gasteiger charge is -1.94. The molecule has 0 spiro atoms. The largest absolute Gasteiger partial charge is 0.207 e. The standard InChI is InChI=1S/6C7H6F2/c1-5-2-6(8)4-7(9)3-5;1-5-4-6(8)2-3-7(5)9;1-5-2-3-6(8)4-7(5)9;1-5-2-3-6(8)7(9)4-5;1-5-6(8)3-2-4-7(5)9;1-5-3-2-4-6(8)7(5)9/h6*2-4H,1H3. The predicted octanol–water partition coefficient (Wildman–Crippen LogP) is 13.6. The first-order chi connectivity index (χ1) is 25.2. The van der Waals surface area contributed by atoms with E-state index in [1.165, 1.54) is 81.4 Å². The Hall–Kier alpha value is -5.52. The van der Waals surface area contributed by atoms with E-state index < -0.39 is 64.0 Å². The molecule has 6 rings (SSSR count). The minimum absolute atomic E-state index is 0.0810. The summed E-state index contributed by atoms with van der Waals surface area (Å²) in [5.74, 6) is -6.91. The molecule has 288 valence electrons.